The molecule has 158 valence electrons. The van der Waals surface area contributed by atoms with E-state index in [1.165, 1.54) is 24.1 Å². The van der Waals surface area contributed by atoms with Gasteiger partial charge in [0.1, 0.15) is 5.76 Å². The van der Waals surface area contributed by atoms with Gasteiger partial charge < -0.3 is 9.73 Å². The average molecular weight is 405 g/mol. The maximum absolute atomic E-state index is 5.52. The van der Waals surface area contributed by atoms with Gasteiger partial charge in [0.15, 0.2) is 0 Å². The Hall–Kier alpha value is -2.37. The first kappa shape index (κ1) is 19.6. The molecule has 2 aromatic heterocycles. The van der Waals surface area contributed by atoms with Gasteiger partial charge in [-0.25, -0.2) is 4.68 Å². The van der Waals surface area contributed by atoms with Crippen molar-refractivity contribution in [3.8, 4) is 5.69 Å². The van der Waals surface area contributed by atoms with Crippen LogP contribution in [0.1, 0.15) is 56.2 Å². The molecule has 0 unspecified atom stereocenters. The molecule has 0 amide bonds. The first-order valence-electron chi connectivity index (χ1n) is 11.2. The molecule has 30 heavy (non-hydrogen) atoms. The van der Waals surface area contributed by atoms with Crippen LogP contribution in [0.4, 0.5) is 0 Å². The molecule has 1 atom stereocenters. The number of hydrogen-bond donors (Lipinski definition) is 1. The van der Waals surface area contributed by atoms with Crippen molar-refractivity contribution in [2.45, 2.75) is 58.2 Å². The molecule has 3 heterocycles. The lowest BCUT2D eigenvalue weighted by molar-refractivity contribution is 0.161. The number of para-hydroxylation sites is 1. The Kier molecular flexibility index (Phi) is 5.25. The van der Waals surface area contributed by atoms with Gasteiger partial charge in [0, 0.05) is 36.4 Å². The highest BCUT2D eigenvalue weighted by Crippen LogP contribution is 2.41. The molecule has 0 radical (unpaired) electrons. The van der Waals surface area contributed by atoms with Crippen molar-refractivity contribution in [1.29, 1.82) is 0 Å². The zero-order chi connectivity index (χ0) is 20.6. The summed E-state index contributed by atoms with van der Waals surface area (Å²) in [4.78, 5) is 2.50. The average Bonchev–Trinajstić information content (AvgIpc) is 3.39. The van der Waals surface area contributed by atoms with Gasteiger partial charge >= 0.3 is 0 Å². The van der Waals surface area contributed by atoms with Gasteiger partial charge in [-0.05, 0) is 55.4 Å². The summed E-state index contributed by atoms with van der Waals surface area (Å²) < 4.78 is 7.67. The van der Waals surface area contributed by atoms with Crippen LogP contribution in [0, 0.1) is 5.41 Å². The lowest BCUT2D eigenvalue weighted by Crippen LogP contribution is -2.45. The molecule has 1 aliphatic heterocycles. The molecule has 1 aromatic carbocycles. The molecular weight excluding hydrogens is 372 g/mol. The monoisotopic (exact) mass is 404 g/mol. The maximum Gasteiger partial charge on any atom is 0.117 e. The molecule has 0 bridgehead atoms. The Bertz CT molecular complexity index is 952. The number of nitrogens with one attached hydrogen (secondary N) is 1. The van der Waals surface area contributed by atoms with Crippen LogP contribution in [0.3, 0.4) is 0 Å². The highest BCUT2D eigenvalue weighted by Gasteiger charge is 2.36. The SMILES string of the molecule is CC1(C)Cc2c(cnn2-c2ccccc2)[C@H](NC2CCN(Cc3ccco3)CC2)C1. The number of hydrogen-bond acceptors (Lipinski definition) is 4. The van der Waals surface area contributed by atoms with Gasteiger partial charge in [0.25, 0.3) is 0 Å². The molecule has 0 saturated carbocycles. The van der Waals surface area contributed by atoms with Crippen LogP contribution >= 0.6 is 0 Å². The van der Waals surface area contributed by atoms with Crippen molar-refractivity contribution >= 4 is 0 Å². The summed E-state index contributed by atoms with van der Waals surface area (Å²) in [6.07, 6.45) is 8.45. The summed E-state index contributed by atoms with van der Waals surface area (Å²) in [6, 6.07) is 15.5. The normalized spacial score (nSPS) is 22.1. The molecule has 3 aromatic rings. The van der Waals surface area contributed by atoms with Gasteiger partial charge in [0.2, 0.25) is 0 Å². The summed E-state index contributed by atoms with van der Waals surface area (Å²) in [5.41, 5.74) is 4.17. The molecule has 1 N–H and O–H groups in total. The molecule has 1 aliphatic carbocycles. The standard InChI is InChI=1S/C25H32N4O/c1-25(2)15-23(22-17-26-29(24(22)16-25)20-7-4-3-5-8-20)27-19-10-12-28(13-11-19)18-21-9-6-14-30-21/h3-9,14,17,19,23,27H,10-13,15-16,18H2,1-2H3/t23-/m1/s1. The largest absolute Gasteiger partial charge is 0.468 e. The Morgan fingerprint density at radius 2 is 1.90 bits per heavy atom. The van der Waals surface area contributed by atoms with Crippen LogP contribution < -0.4 is 5.32 Å². The van der Waals surface area contributed by atoms with E-state index in [-0.39, 0.29) is 5.41 Å². The fraction of sp³-hybridized carbons (Fsp3) is 0.480. The van der Waals surface area contributed by atoms with E-state index in [2.05, 4.69) is 71.3 Å². The Balaban J connectivity index is 1.28. The van der Waals surface area contributed by atoms with Crippen LogP contribution in [0.15, 0.2) is 59.3 Å². The van der Waals surface area contributed by atoms with Crippen molar-refractivity contribution < 1.29 is 4.42 Å². The fourth-order valence-corrected chi connectivity index (χ4v) is 5.15. The predicted octanol–water partition coefficient (Wildman–Crippen LogP) is 4.73. The zero-order valence-electron chi connectivity index (χ0n) is 18.1. The minimum absolute atomic E-state index is 0.261. The Morgan fingerprint density at radius 1 is 1.10 bits per heavy atom. The lowest BCUT2D eigenvalue weighted by Gasteiger charge is -2.39. The summed E-state index contributed by atoms with van der Waals surface area (Å²) >= 11 is 0. The van der Waals surface area contributed by atoms with E-state index in [0.29, 0.717) is 12.1 Å². The first-order valence-corrected chi connectivity index (χ1v) is 11.2. The zero-order valence-corrected chi connectivity index (χ0v) is 18.1. The Morgan fingerprint density at radius 3 is 2.63 bits per heavy atom. The molecule has 0 spiro atoms. The second-order valence-electron chi connectivity index (χ2n) is 9.69. The fourth-order valence-electron chi connectivity index (χ4n) is 5.15. The van der Waals surface area contributed by atoms with Gasteiger partial charge in [0.05, 0.1) is 24.7 Å². The van der Waals surface area contributed by atoms with Gasteiger partial charge in [-0.1, -0.05) is 32.0 Å². The van der Waals surface area contributed by atoms with Crippen molar-refractivity contribution in [1.82, 2.24) is 20.0 Å². The molecule has 1 saturated heterocycles. The van der Waals surface area contributed by atoms with E-state index in [1.54, 1.807) is 6.26 Å². The number of aromatic nitrogens is 2. The smallest absolute Gasteiger partial charge is 0.117 e. The van der Waals surface area contributed by atoms with Gasteiger partial charge in [-0.2, -0.15) is 5.10 Å². The molecule has 5 heteroatoms. The number of likely N-dealkylation sites (tertiary alicyclic amines) is 1. The minimum atomic E-state index is 0.261. The van der Waals surface area contributed by atoms with E-state index in [9.17, 15) is 0 Å². The molecule has 5 rings (SSSR count). The van der Waals surface area contributed by atoms with Gasteiger partial charge in [-0.3, -0.25) is 4.90 Å². The van der Waals surface area contributed by atoms with Crippen LogP contribution in [0.25, 0.3) is 5.69 Å². The highest BCUT2D eigenvalue weighted by atomic mass is 16.3. The third-order valence-electron chi connectivity index (χ3n) is 6.66. The second kappa shape index (κ2) is 8.05. The quantitative estimate of drug-likeness (QED) is 0.668. The topological polar surface area (TPSA) is 46.2 Å². The third kappa shape index (κ3) is 4.09. The minimum Gasteiger partial charge on any atom is -0.468 e. The van der Waals surface area contributed by atoms with Crippen molar-refractivity contribution in [2.75, 3.05) is 13.1 Å². The van der Waals surface area contributed by atoms with E-state index in [4.69, 9.17) is 9.52 Å². The molecular formula is C25H32N4O. The van der Waals surface area contributed by atoms with Crippen molar-refractivity contribution in [3.05, 3.63) is 71.9 Å². The third-order valence-corrected chi connectivity index (χ3v) is 6.66. The summed E-state index contributed by atoms with van der Waals surface area (Å²) in [5, 5.41) is 8.80. The molecule has 1 fully saturated rings. The Labute approximate surface area is 179 Å². The molecule has 2 aliphatic rings. The summed E-state index contributed by atoms with van der Waals surface area (Å²) in [7, 11) is 0. The van der Waals surface area contributed by atoms with E-state index in [1.807, 2.05) is 6.07 Å². The van der Waals surface area contributed by atoms with Crippen LogP contribution in [0.5, 0.6) is 0 Å². The number of fused-ring (bicyclic) bond motifs is 1. The summed E-state index contributed by atoms with van der Waals surface area (Å²) in [5.74, 6) is 1.06. The van der Waals surface area contributed by atoms with Crippen molar-refractivity contribution in [3.63, 3.8) is 0 Å². The predicted molar refractivity (Wildman–Crippen MR) is 119 cm³/mol. The number of furan rings is 1. The first-order chi connectivity index (χ1) is 14.6. The molecule has 5 nitrogen and oxygen atoms in total. The van der Waals surface area contributed by atoms with Crippen LogP contribution in [-0.2, 0) is 13.0 Å². The van der Waals surface area contributed by atoms with Gasteiger partial charge in [-0.15, -0.1) is 0 Å². The maximum atomic E-state index is 5.52. The number of rotatable bonds is 5. The van der Waals surface area contributed by atoms with E-state index < -0.39 is 0 Å². The number of piperidine rings is 1. The number of benzene rings is 1. The van der Waals surface area contributed by atoms with Crippen molar-refractivity contribution in [2.24, 2.45) is 5.41 Å². The van der Waals surface area contributed by atoms with E-state index >= 15 is 0 Å². The van der Waals surface area contributed by atoms with E-state index in [0.717, 1.165) is 43.9 Å². The van der Waals surface area contributed by atoms with Crippen LogP contribution in [-0.4, -0.2) is 33.8 Å². The van der Waals surface area contributed by atoms with Crippen LogP contribution in [0.2, 0.25) is 0 Å². The number of nitrogens with zero attached hydrogens (tertiary/aromatic N) is 3. The lowest BCUT2D eigenvalue weighted by atomic mass is 9.74. The highest BCUT2D eigenvalue weighted by molar-refractivity contribution is 5.38. The second-order valence-corrected chi connectivity index (χ2v) is 9.69. The summed E-state index contributed by atoms with van der Waals surface area (Å²) in [6.45, 7) is 7.93.